The van der Waals surface area contributed by atoms with E-state index in [1.54, 1.807) is 6.20 Å². The number of rotatable bonds is 5. The molecule has 0 radical (unpaired) electrons. The van der Waals surface area contributed by atoms with E-state index < -0.39 is 14.6 Å². The van der Waals surface area contributed by atoms with Gasteiger partial charge in [-0.2, -0.15) is 0 Å². The summed E-state index contributed by atoms with van der Waals surface area (Å²) in [7, 11) is -3.12. The van der Waals surface area contributed by atoms with Gasteiger partial charge in [-0.3, -0.25) is 4.99 Å². The normalized spacial score (nSPS) is 18.1. The van der Waals surface area contributed by atoms with Crippen molar-refractivity contribution in [1.29, 1.82) is 0 Å². The number of fused-ring (bicyclic) bond motifs is 1. The molecule has 0 atom stereocenters. The molecule has 6 nitrogen and oxygen atoms in total. The highest BCUT2D eigenvalue weighted by atomic mass is 32.2. The fraction of sp³-hybridized carbons (Fsp3) is 0.320. The summed E-state index contributed by atoms with van der Waals surface area (Å²) in [5, 5.41) is 3.24. The molecular formula is C25H26N4O2S. The first kappa shape index (κ1) is 20.8. The number of aliphatic imine (C=N–C) groups is 1. The summed E-state index contributed by atoms with van der Waals surface area (Å²) in [6.45, 7) is 5.19. The molecule has 3 aromatic rings. The predicted molar refractivity (Wildman–Crippen MR) is 128 cm³/mol. The molecule has 0 unspecified atom stereocenters. The molecule has 1 N–H and O–H groups in total. The van der Waals surface area contributed by atoms with Gasteiger partial charge in [-0.05, 0) is 53.8 Å². The highest BCUT2D eigenvalue weighted by Crippen LogP contribution is 2.52. The van der Waals surface area contributed by atoms with E-state index in [0.717, 1.165) is 34.6 Å². The van der Waals surface area contributed by atoms with Gasteiger partial charge in [0.25, 0.3) is 0 Å². The van der Waals surface area contributed by atoms with Gasteiger partial charge >= 0.3 is 0 Å². The zero-order valence-electron chi connectivity index (χ0n) is 18.5. The predicted octanol–water partition coefficient (Wildman–Crippen LogP) is 4.63. The van der Waals surface area contributed by atoms with E-state index in [9.17, 15) is 8.42 Å². The first-order chi connectivity index (χ1) is 15.2. The number of hydrogen-bond acceptors (Lipinski definition) is 6. The molecule has 7 heteroatoms. The molecule has 0 spiro atoms. The quantitative estimate of drug-likeness (QED) is 0.618. The number of nitrogens with one attached hydrogen (secondary N) is 1. The van der Waals surface area contributed by atoms with Crippen LogP contribution in [0.4, 0.5) is 11.6 Å². The third kappa shape index (κ3) is 3.60. The second kappa shape index (κ2) is 7.24. The topological polar surface area (TPSA) is 84.3 Å². The maximum Gasteiger partial charge on any atom is 0.227 e. The van der Waals surface area contributed by atoms with Gasteiger partial charge in [0.1, 0.15) is 0 Å². The van der Waals surface area contributed by atoms with Crippen LogP contribution in [0.5, 0.6) is 0 Å². The number of sulfone groups is 1. The van der Waals surface area contributed by atoms with Gasteiger partial charge in [0.05, 0.1) is 10.4 Å². The van der Waals surface area contributed by atoms with E-state index >= 15 is 0 Å². The van der Waals surface area contributed by atoms with Crippen LogP contribution in [-0.4, -0.2) is 37.4 Å². The summed E-state index contributed by atoms with van der Waals surface area (Å²) >= 11 is 0. The summed E-state index contributed by atoms with van der Waals surface area (Å²) in [5.74, 6) is 0.498. The van der Waals surface area contributed by atoms with Crippen molar-refractivity contribution in [2.45, 2.75) is 36.9 Å². The van der Waals surface area contributed by atoms with E-state index in [2.05, 4.69) is 47.3 Å². The average Bonchev–Trinajstić information content (AvgIpc) is 3.57. The van der Waals surface area contributed by atoms with E-state index in [4.69, 9.17) is 4.98 Å². The van der Waals surface area contributed by atoms with Crippen molar-refractivity contribution in [1.82, 2.24) is 9.97 Å². The molecule has 2 aliphatic rings. The molecule has 1 aliphatic carbocycles. The lowest BCUT2D eigenvalue weighted by Gasteiger charge is -2.28. The van der Waals surface area contributed by atoms with E-state index in [1.807, 2.05) is 36.5 Å². The van der Waals surface area contributed by atoms with Gasteiger partial charge in [-0.25, -0.2) is 18.4 Å². The molecule has 0 saturated heterocycles. The average molecular weight is 447 g/mol. The SMILES string of the molecule is CC1(C)CN=Cc2ccc(-c3ccnc(Nc4ccc(C5(S(C)(=O)=O)CC5)cc4)n3)cc21. The Morgan fingerprint density at radius 1 is 1.00 bits per heavy atom. The highest BCUT2D eigenvalue weighted by molar-refractivity contribution is 7.92. The van der Waals surface area contributed by atoms with Crippen LogP contribution in [0.25, 0.3) is 11.3 Å². The number of hydrogen-bond donors (Lipinski definition) is 1. The summed E-state index contributed by atoms with van der Waals surface area (Å²) in [6.07, 6.45) is 6.38. The van der Waals surface area contributed by atoms with Gasteiger partial charge in [-0.15, -0.1) is 0 Å². The smallest absolute Gasteiger partial charge is 0.227 e. The van der Waals surface area contributed by atoms with Gasteiger partial charge in [0.2, 0.25) is 5.95 Å². The zero-order chi connectivity index (χ0) is 22.6. The van der Waals surface area contributed by atoms with Gasteiger partial charge in [0, 0.05) is 41.9 Å². The fourth-order valence-corrected chi connectivity index (χ4v) is 5.83. The number of anilines is 2. The lowest BCUT2D eigenvalue weighted by molar-refractivity contribution is 0.534. The largest absolute Gasteiger partial charge is 0.324 e. The zero-order valence-corrected chi connectivity index (χ0v) is 19.3. The van der Waals surface area contributed by atoms with Gasteiger partial charge < -0.3 is 5.32 Å². The van der Waals surface area contributed by atoms with Crippen molar-refractivity contribution < 1.29 is 8.42 Å². The maximum atomic E-state index is 12.2. The molecule has 164 valence electrons. The molecule has 2 heterocycles. The van der Waals surface area contributed by atoms with E-state index in [1.165, 1.54) is 11.8 Å². The Kier molecular flexibility index (Phi) is 4.71. The molecule has 0 amide bonds. The van der Waals surface area contributed by atoms with Crippen LogP contribution in [0.2, 0.25) is 0 Å². The number of aromatic nitrogens is 2. The van der Waals surface area contributed by atoms with Crippen molar-refractivity contribution in [3.8, 4) is 11.3 Å². The Hall–Kier alpha value is -3.06. The minimum Gasteiger partial charge on any atom is -0.324 e. The molecule has 5 rings (SSSR count). The second-order valence-electron chi connectivity index (χ2n) is 9.39. The minimum absolute atomic E-state index is 0.0131. The first-order valence-corrected chi connectivity index (χ1v) is 12.6. The lowest BCUT2D eigenvalue weighted by Crippen LogP contribution is -2.26. The van der Waals surface area contributed by atoms with Crippen LogP contribution in [0.3, 0.4) is 0 Å². The molecule has 1 aliphatic heterocycles. The number of benzene rings is 2. The maximum absolute atomic E-state index is 12.2. The first-order valence-electron chi connectivity index (χ1n) is 10.7. The van der Waals surface area contributed by atoms with Crippen LogP contribution < -0.4 is 5.32 Å². The van der Waals surface area contributed by atoms with Crippen LogP contribution in [0.15, 0.2) is 59.7 Å². The van der Waals surface area contributed by atoms with Crippen LogP contribution in [0, 0.1) is 0 Å². The molecular weight excluding hydrogens is 420 g/mol. The summed E-state index contributed by atoms with van der Waals surface area (Å²) in [5.41, 5.74) is 5.96. The summed E-state index contributed by atoms with van der Waals surface area (Å²) < 4.78 is 23.6. The van der Waals surface area contributed by atoms with Crippen LogP contribution in [-0.2, 0) is 20.0 Å². The van der Waals surface area contributed by atoms with Crippen LogP contribution in [0.1, 0.15) is 43.4 Å². The van der Waals surface area contributed by atoms with Gasteiger partial charge in [-0.1, -0.05) is 38.1 Å². The molecule has 32 heavy (non-hydrogen) atoms. The Morgan fingerprint density at radius 3 is 2.44 bits per heavy atom. The second-order valence-corrected chi connectivity index (χ2v) is 11.7. The molecule has 1 saturated carbocycles. The molecule has 0 bridgehead atoms. The molecule has 1 fully saturated rings. The lowest BCUT2D eigenvalue weighted by atomic mass is 9.79. The van der Waals surface area contributed by atoms with E-state index in [0.29, 0.717) is 18.8 Å². The highest BCUT2D eigenvalue weighted by Gasteiger charge is 2.53. The third-order valence-corrected chi connectivity index (χ3v) is 8.60. The van der Waals surface area contributed by atoms with Crippen molar-refractivity contribution in [2.75, 3.05) is 18.1 Å². The minimum atomic E-state index is -3.12. The molecule has 2 aromatic carbocycles. The van der Waals surface area contributed by atoms with Crippen molar-refractivity contribution in [2.24, 2.45) is 4.99 Å². The van der Waals surface area contributed by atoms with Crippen molar-refractivity contribution in [3.05, 3.63) is 71.4 Å². The third-order valence-electron chi connectivity index (χ3n) is 6.53. The molecule has 1 aromatic heterocycles. The van der Waals surface area contributed by atoms with Gasteiger partial charge in [0.15, 0.2) is 9.84 Å². The van der Waals surface area contributed by atoms with Crippen molar-refractivity contribution in [3.63, 3.8) is 0 Å². The Balaban J connectivity index is 1.39. The van der Waals surface area contributed by atoms with E-state index in [-0.39, 0.29) is 5.41 Å². The summed E-state index contributed by atoms with van der Waals surface area (Å²) in [4.78, 5) is 13.5. The standard InChI is InChI=1S/C25H26N4O2S/c1-24(2)16-26-15-18-5-4-17(14-21(18)24)22-10-13-27-23(29-22)28-20-8-6-19(7-9-20)25(11-12-25)32(3,30)31/h4-10,13-15H,11-12,16H2,1-3H3,(H,27,28,29). The Bertz CT molecular complexity index is 1320. The van der Waals surface area contributed by atoms with Crippen LogP contribution >= 0.6 is 0 Å². The van der Waals surface area contributed by atoms with Crippen molar-refractivity contribution >= 4 is 27.7 Å². The fourth-order valence-electron chi connectivity index (χ4n) is 4.42. The Morgan fingerprint density at radius 2 is 1.75 bits per heavy atom. The monoisotopic (exact) mass is 446 g/mol. The number of nitrogens with zero attached hydrogens (tertiary/aromatic N) is 3. The summed E-state index contributed by atoms with van der Waals surface area (Å²) in [6, 6.07) is 15.8. The Labute approximate surface area is 188 Å².